The Kier molecular flexibility index (Phi) is 5.51. The van der Waals surface area contributed by atoms with Crippen molar-refractivity contribution in [3.05, 3.63) is 53.4 Å². The molecule has 1 heterocycles. The third kappa shape index (κ3) is 3.91. The van der Waals surface area contributed by atoms with Gasteiger partial charge < -0.3 is 9.88 Å². The number of aryl methyl sites for hydroxylation is 1. The molecule has 0 aliphatic carbocycles. The van der Waals surface area contributed by atoms with E-state index in [-0.39, 0.29) is 11.9 Å². The van der Waals surface area contributed by atoms with Crippen LogP contribution in [0.3, 0.4) is 0 Å². The van der Waals surface area contributed by atoms with Gasteiger partial charge >= 0.3 is 0 Å². The summed E-state index contributed by atoms with van der Waals surface area (Å²) in [6, 6.07) is 5.59. The van der Waals surface area contributed by atoms with E-state index in [9.17, 15) is 4.39 Å². The molecule has 0 fully saturated rings. The first-order chi connectivity index (χ1) is 10.2. The first kappa shape index (κ1) is 15.7. The van der Waals surface area contributed by atoms with Crippen LogP contribution >= 0.6 is 0 Å². The van der Waals surface area contributed by atoms with Crippen molar-refractivity contribution in [1.82, 2.24) is 14.9 Å². The van der Waals surface area contributed by atoms with Crippen molar-refractivity contribution in [1.29, 1.82) is 0 Å². The Morgan fingerprint density at radius 2 is 2.14 bits per heavy atom. The van der Waals surface area contributed by atoms with Crippen molar-refractivity contribution in [3.8, 4) is 0 Å². The fourth-order valence-corrected chi connectivity index (χ4v) is 2.55. The quantitative estimate of drug-likeness (QED) is 0.842. The number of rotatable bonds is 7. The van der Waals surface area contributed by atoms with Gasteiger partial charge in [0.1, 0.15) is 11.6 Å². The van der Waals surface area contributed by atoms with Crippen LogP contribution in [0.4, 0.5) is 4.39 Å². The van der Waals surface area contributed by atoms with Gasteiger partial charge in [-0.1, -0.05) is 26.0 Å². The molecule has 4 heteroatoms. The molecule has 1 aromatic carbocycles. The van der Waals surface area contributed by atoms with E-state index in [0.29, 0.717) is 12.0 Å². The molecule has 1 N–H and O–H groups in total. The third-order valence-corrected chi connectivity index (χ3v) is 3.69. The Hall–Kier alpha value is -1.68. The molecule has 0 saturated carbocycles. The summed E-state index contributed by atoms with van der Waals surface area (Å²) in [6.45, 7) is 8.11. The number of hydrogen-bond acceptors (Lipinski definition) is 2. The molecular weight excluding hydrogens is 265 g/mol. The number of nitrogens with one attached hydrogen (secondary N) is 1. The molecule has 0 radical (unpaired) electrons. The maximum atomic E-state index is 14.1. The molecule has 114 valence electrons. The second-order valence-corrected chi connectivity index (χ2v) is 5.34. The zero-order valence-electron chi connectivity index (χ0n) is 13.1. The SMILES string of the molecule is CCCn1ccnc1Cc1cc(C(C)NCC)ccc1F. The molecule has 0 spiro atoms. The smallest absolute Gasteiger partial charge is 0.126 e. The standard InChI is InChI=1S/C17H24FN3/c1-4-9-21-10-8-20-17(21)12-15-11-14(6-7-16(15)18)13(3)19-5-2/h6-8,10-11,13,19H,4-5,9,12H2,1-3H3. The Balaban J connectivity index is 2.22. The van der Waals surface area contributed by atoms with Crippen LogP contribution in [-0.2, 0) is 13.0 Å². The molecule has 0 saturated heterocycles. The van der Waals surface area contributed by atoms with E-state index in [1.165, 1.54) is 0 Å². The average Bonchev–Trinajstić information content (AvgIpc) is 2.89. The van der Waals surface area contributed by atoms with Crippen molar-refractivity contribution < 1.29 is 4.39 Å². The van der Waals surface area contributed by atoms with Crippen molar-refractivity contribution >= 4 is 0 Å². The predicted molar refractivity (Wildman–Crippen MR) is 83.8 cm³/mol. The lowest BCUT2D eigenvalue weighted by Gasteiger charge is -2.15. The first-order valence-electron chi connectivity index (χ1n) is 7.67. The van der Waals surface area contributed by atoms with Crippen molar-refractivity contribution in [2.75, 3.05) is 6.54 Å². The van der Waals surface area contributed by atoms with Crippen LogP contribution in [0.2, 0.25) is 0 Å². The summed E-state index contributed by atoms with van der Waals surface area (Å²) in [7, 11) is 0. The summed E-state index contributed by atoms with van der Waals surface area (Å²) < 4.78 is 16.2. The number of aromatic nitrogens is 2. The summed E-state index contributed by atoms with van der Waals surface area (Å²) in [5.41, 5.74) is 1.82. The van der Waals surface area contributed by atoms with E-state index in [4.69, 9.17) is 0 Å². The van der Waals surface area contributed by atoms with Gasteiger partial charge in [0.15, 0.2) is 0 Å². The molecular formula is C17H24FN3. The minimum Gasteiger partial charge on any atom is -0.335 e. The van der Waals surface area contributed by atoms with Crippen LogP contribution < -0.4 is 5.32 Å². The van der Waals surface area contributed by atoms with Gasteiger partial charge in [-0.15, -0.1) is 0 Å². The van der Waals surface area contributed by atoms with Crippen LogP contribution in [0, 0.1) is 5.82 Å². The molecule has 1 unspecified atom stereocenters. The normalized spacial score (nSPS) is 12.6. The average molecular weight is 289 g/mol. The zero-order chi connectivity index (χ0) is 15.2. The van der Waals surface area contributed by atoms with Gasteiger partial charge in [0.05, 0.1) is 0 Å². The second kappa shape index (κ2) is 7.36. The predicted octanol–water partition coefficient (Wildman–Crippen LogP) is 3.69. The van der Waals surface area contributed by atoms with E-state index < -0.39 is 0 Å². The number of benzene rings is 1. The molecule has 1 atom stereocenters. The topological polar surface area (TPSA) is 29.9 Å². The van der Waals surface area contributed by atoms with Gasteiger partial charge in [-0.25, -0.2) is 9.37 Å². The Morgan fingerprint density at radius 1 is 1.33 bits per heavy atom. The maximum absolute atomic E-state index is 14.1. The van der Waals surface area contributed by atoms with E-state index in [2.05, 4.69) is 35.6 Å². The van der Waals surface area contributed by atoms with E-state index in [1.807, 2.05) is 18.3 Å². The molecule has 3 nitrogen and oxygen atoms in total. The van der Waals surface area contributed by atoms with Crippen LogP contribution in [-0.4, -0.2) is 16.1 Å². The lowest BCUT2D eigenvalue weighted by atomic mass is 10.0. The van der Waals surface area contributed by atoms with Crippen LogP contribution in [0.25, 0.3) is 0 Å². The number of hydrogen-bond donors (Lipinski definition) is 1. The molecule has 21 heavy (non-hydrogen) atoms. The van der Waals surface area contributed by atoms with E-state index in [1.54, 1.807) is 12.3 Å². The lowest BCUT2D eigenvalue weighted by molar-refractivity contribution is 0.582. The summed E-state index contributed by atoms with van der Waals surface area (Å²) in [6.07, 6.45) is 5.32. The maximum Gasteiger partial charge on any atom is 0.126 e. The van der Waals surface area contributed by atoms with Crippen LogP contribution in [0.15, 0.2) is 30.6 Å². The highest BCUT2D eigenvalue weighted by Crippen LogP contribution is 2.19. The number of nitrogens with zero attached hydrogens (tertiary/aromatic N) is 2. The molecule has 0 amide bonds. The molecule has 2 rings (SSSR count). The second-order valence-electron chi connectivity index (χ2n) is 5.34. The molecule has 0 bridgehead atoms. The van der Waals surface area contributed by atoms with Gasteiger partial charge in [-0.3, -0.25) is 0 Å². The van der Waals surface area contributed by atoms with Crippen LogP contribution in [0.1, 0.15) is 50.2 Å². The summed E-state index contributed by atoms with van der Waals surface area (Å²) in [4.78, 5) is 4.36. The first-order valence-corrected chi connectivity index (χ1v) is 7.67. The van der Waals surface area contributed by atoms with Gasteiger partial charge in [-0.2, -0.15) is 0 Å². The third-order valence-electron chi connectivity index (χ3n) is 3.69. The van der Waals surface area contributed by atoms with Gasteiger partial charge in [0.25, 0.3) is 0 Å². The van der Waals surface area contributed by atoms with Crippen molar-refractivity contribution in [3.63, 3.8) is 0 Å². The summed E-state index contributed by atoms with van der Waals surface area (Å²) >= 11 is 0. The number of halogens is 1. The van der Waals surface area contributed by atoms with E-state index in [0.717, 1.165) is 30.9 Å². The highest BCUT2D eigenvalue weighted by molar-refractivity contribution is 5.29. The monoisotopic (exact) mass is 289 g/mol. The fraction of sp³-hybridized carbons (Fsp3) is 0.471. The van der Waals surface area contributed by atoms with Gasteiger partial charge in [-0.05, 0) is 37.1 Å². The highest BCUT2D eigenvalue weighted by Gasteiger charge is 2.11. The molecule has 0 aliphatic heterocycles. The Bertz CT molecular complexity index is 577. The Morgan fingerprint density at radius 3 is 2.86 bits per heavy atom. The van der Waals surface area contributed by atoms with Crippen molar-refractivity contribution in [2.45, 2.75) is 46.2 Å². The fourth-order valence-electron chi connectivity index (χ4n) is 2.55. The Labute approximate surface area is 126 Å². The minimum atomic E-state index is -0.159. The zero-order valence-corrected chi connectivity index (χ0v) is 13.1. The lowest BCUT2D eigenvalue weighted by Crippen LogP contribution is -2.18. The summed E-state index contributed by atoms with van der Waals surface area (Å²) in [5, 5.41) is 3.36. The van der Waals surface area contributed by atoms with Gasteiger partial charge in [0, 0.05) is 31.4 Å². The largest absolute Gasteiger partial charge is 0.335 e. The minimum absolute atomic E-state index is 0.159. The molecule has 2 aromatic rings. The van der Waals surface area contributed by atoms with E-state index >= 15 is 0 Å². The highest BCUT2D eigenvalue weighted by atomic mass is 19.1. The molecule has 1 aromatic heterocycles. The van der Waals surface area contributed by atoms with Crippen molar-refractivity contribution in [2.24, 2.45) is 0 Å². The summed E-state index contributed by atoms with van der Waals surface area (Å²) in [5.74, 6) is 0.762. The van der Waals surface area contributed by atoms with Crippen LogP contribution in [0.5, 0.6) is 0 Å². The van der Waals surface area contributed by atoms with Gasteiger partial charge in [0.2, 0.25) is 0 Å². The number of imidazole rings is 1. The molecule has 0 aliphatic rings.